The highest BCUT2D eigenvalue weighted by Crippen LogP contribution is 2.29. The van der Waals surface area contributed by atoms with Crippen LogP contribution < -0.4 is 10.0 Å². The smallest absolute Gasteiger partial charge is 0.242 e. The van der Waals surface area contributed by atoms with Crippen molar-refractivity contribution in [1.29, 1.82) is 0 Å². The summed E-state index contributed by atoms with van der Waals surface area (Å²) in [6.07, 6.45) is 1.60. The van der Waals surface area contributed by atoms with Crippen LogP contribution in [0.15, 0.2) is 23.1 Å². The minimum absolute atomic E-state index is 0.0797. The molecule has 0 aliphatic heterocycles. The maximum absolute atomic E-state index is 13.3. The Bertz CT molecular complexity index is 571. The average Bonchev–Trinajstić information content (AvgIpc) is 2.35. The summed E-state index contributed by atoms with van der Waals surface area (Å²) in [7, 11) is -3.76. The minimum Gasteiger partial charge on any atom is -0.395 e. The number of benzene rings is 1. The predicted octanol–water partition coefficient (Wildman–Crippen LogP) is 1.31. The van der Waals surface area contributed by atoms with Crippen molar-refractivity contribution >= 4 is 15.7 Å². The van der Waals surface area contributed by atoms with Crippen LogP contribution in [0.5, 0.6) is 0 Å². The fourth-order valence-electron chi connectivity index (χ4n) is 2.34. The van der Waals surface area contributed by atoms with E-state index in [1.54, 1.807) is 0 Å². The third-order valence-electron chi connectivity index (χ3n) is 3.36. The van der Waals surface area contributed by atoms with Gasteiger partial charge in [-0.3, -0.25) is 0 Å². The van der Waals surface area contributed by atoms with E-state index in [1.165, 1.54) is 12.1 Å². The second kappa shape index (κ2) is 6.07. The number of aliphatic hydroxyl groups excluding tert-OH is 1. The van der Waals surface area contributed by atoms with Gasteiger partial charge >= 0.3 is 0 Å². The number of anilines is 1. The van der Waals surface area contributed by atoms with Crippen molar-refractivity contribution in [3.05, 3.63) is 24.0 Å². The molecule has 0 bridgehead atoms. The number of aliphatic hydroxyl groups is 1. The Morgan fingerprint density at radius 3 is 2.70 bits per heavy atom. The highest BCUT2D eigenvalue weighted by atomic mass is 32.2. The van der Waals surface area contributed by atoms with Crippen LogP contribution in [0.25, 0.3) is 0 Å². The molecule has 2 rings (SSSR count). The molecule has 0 unspecified atom stereocenters. The van der Waals surface area contributed by atoms with Gasteiger partial charge < -0.3 is 10.4 Å². The quantitative estimate of drug-likeness (QED) is 0.740. The predicted molar refractivity (Wildman–Crippen MR) is 74.5 cm³/mol. The highest BCUT2D eigenvalue weighted by molar-refractivity contribution is 7.89. The van der Waals surface area contributed by atoms with E-state index in [2.05, 4.69) is 17.0 Å². The molecule has 1 aromatic carbocycles. The van der Waals surface area contributed by atoms with Crippen LogP contribution in [-0.4, -0.2) is 32.7 Å². The van der Waals surface area contributed by atoms with E-state index in [1.807, 2.05) is 0 Å². The van der Waals surface area contributed by atoms with E-state index >= 15 is 0 Å². The zero-order valence-electron chi connectivity index (χ0n) is 11.3. The zero-order chi connectivity index (χ0) is 14.8. The van der Waals surface area contributed by atoms with Crippen molar-refractivity contribution < 1.29 is 17.9 Å². The summed E-state index contributed by atoms with van der Waals surface area (Å²) < 4.78 is 40.5. The Morgan fingerprint density at radius 1 is 1.40 bits per heavy atom. The molecule has 0 spiro atoms. The molecule has 3 N–H and O–H groups in total. The van der Waals surface area contributed by atoms with Crippen molar-refractivity contribution in [2.75, 3.05) is 18.5 Å². The topological polar surface area (TPSA) is 78.4 Å². The van der Waals surface area contributed by atoms with E-state index < -0.39 is 15.8 Å². The maximum Gasteiger partial charge on any atom is 0.242 e. The molecule has 0 radical (unpaired) electrons. The summed E-state index contributed by atoms with van der Waals surface area (Å²) in [6, 6.07) is 3.46. The van der Waals surface area contributed by atoms with Gasteiger partial charge in [0, 0.05) is 12.6 Å². The molecule has 112 valence electrons. The van der Waals surface area contributed by atoms with E-state index in [9.17, 15) is 12.8 Å². The first-order valence-corrected chi connectivity index (χ1v) is 8.07. The van der Waals surface area contributed by atoms with Gasteiger partial charge in [0.2, 0.25) is 10.0 Å². The molecular weight excluding hydrogens is 283 g/mol. The van der Waals surface area contributed by atoms with Crippen LogP contribution in [0.2, 0.25) is 0 Å². The first kappa shape index (κ1) is 15.2. The third kappa shape index (κ3) is 3.47. The maximum atomic E-state index is 13.3. The second-order valence-corrected chi connectivity index (χ2v) is 6.87. The largest absolute Gasteiger partial charge is 0.395 e. The molecule has 1 fully saturated rings. The van der Waals surface area contributed by atoms with Gasteiger partial charge in [0.05, 0.1) is 12.3 Å². The SMILES string of the molecule is CC1CC(NS(=O)(=O)c2cc(F)ccc2NCCO)C1. The molecule has 5 nitrogen and oxygen atoms in total. The molecule has 1 aromatic rings. The van der Waals surface area contributed by atoms with Gasteiger partial charge in [-0.2, -0.15) is 0 Å². The summed E-state index contributed by atoms with van der Waals surface area (Å²) in [4.78, 5) is -0.120. The van der Waals surface area contributed by atoms with Gasteiger partial charge in [-0.25, -0.2) is 17.5 Å². The third-order valence-corrected chi connectivity index (χ3v) is 4.92. The fraction of sp³-hybridized carbons (Fsp3) is 0.538. The van der Waals surface area contributed by atoms with Crippen LogP contribution in [0.3, 0.4) is 0 Å². The number of hydrogen-bond donors (Lipinski definition) is 3. The van der Waals surface area contributed by atoms with Crippen molar-refractivity contribution in [1.82, 2.24) is 4.72 Å². The van der Waals surface area contributed by atoms with Gasteiger partial charge in [0.15, 0.2) is 0 Å². The summed E-state index contributed by atoms with van der Waals surface area (Å²) >= 11 is 0. The van der Waals surface area contributed by atoms with Gasteiger partial charge in [0.25, 0.3) is 0 Å². The zero-order valence-corrected chi connectivity index (χ0v) is 12.1. The van der Waals surface area contributed by atoms with Crippen molar-refractivity contribution in [3.63, 3.8) is 0 Å². The fourth-order valence-corrected chi connectivity index (χ4v) is 3.79. The molecule has 0 saturated heterocycles. The summed E-state index contributed by atoms with van der Waals surface area (Å²) in [5.74, 6) is -0.0934. The van der Waals surface area contributed by atoms with Gasteiger partial charge in [-0.05, 0) is 37.0 Å². The minimum atomic E-state index is -3.76. The van der Waals surface area contributed by atoms with Gasteiger partial charge in [0.1, 0.15) is 10.7 Å². The Labute approximate surface area is 118 Å². The van der Waals surface area contributed by atoms with E-state index in [0.29, 0.717) is 11.6 Å². The Morgan fingerprint density at radius 2 is 2.10 bits per heavy atom. The normalized spacial score (nSPS) is 22.4. The van der Waals surface area contributed by atoms with E-state index in [0.717, 1.165) is 18.9 Å². The lowest BCUT2D eigenvalue weighted by Gasteiger charge is -2.33. The van der Waals surface area contributed by atoms with Gasteiger partial charge in [-0.15, -0.1) is 0 Å². The Balaban J connectivity index is 2.22. The molecule has 0 amide bonds. The van der Waals surface area contributed by atoms with Crippen molar-refractivity contribution in [3.8, 4) is 0 Å². The molecule has 1 saturated carbocycles. The summed E-state index contributed by atoms with van der Waals surface area (Å²) in [5, 5.41) is 11.6. The molecule has 0 aromatic heterocycles. The van der Waals surface area contributed by atoms with Gasteiger partial charge in [-0.1, -0.05) is 6.92 Å². The molecule has 7 heteroatoms. The average molecular weight is 302 g/mol. The lowest BCUT2D eigenvalue weighted by molar-refractivity contribution is 0.270. The molecule has 0 heterocycles. The van der Waals surface area contributed by atoms with E-state index in [-0.39, 0.29) is 24.1 Å². The first-order chi connectivity index (χ1) is 9.42. The van der Waals surface area contributed by atoms with Crippen LogP contribution in [-0.2, 0) is 10.0 Å². The molecule has 1 aliphatic rings. The highest BCUT2D eigenvalue weighted by Gasteiger charge is 2.31. The van der Waals surface area contributed by atoms with Crippen molar-refractivity contribution in [2.45, 2.75) is 30.7 Å². The summed E-state index contributed by atoms with van der Waals surface area (Å²) in [6.45, 7) is 2.13. The number of sulfonamides is 1. The lowest BCUT2D eigenvalue weighted by Crippen LogP contribution is -2.43. The summed E-state index contributed by atoms with van der Waals surface area (Å²) in [5.41, 5.74) is 0.292. The van der Waals surface area contributed by atoms with Crippen molar-refractivity contribution in [2.24, 2.45) is 5.92 Å². The Hall–Kier alpha value is -1.18. The molecular formula is C13H19FN2O3S. The van der Waals surface area contributed by atoms with Crippen LogP contribution in [0.1, 0.15) is 19.8 Å². The number of rotatable bonds is 6. The number of hydrogen-bond acceptors (Lipinski definition) is 4. The number of nitrogens with one attached hydrogen (secondary N) is 2. The van der Waals surface area contributed by atoms with Crippen LogP contribution in [0.4, 0.5) is 10.1 Å². The van der Waals surface area contributed by atoms with Crippen LogP contribution >= 0.6 is 0 Å². The monoisotopic (exact) mass is 302 g/mol. The molecule has 20 heavy (non-hydrogen) atoms. The Kier molecular flexibility index (Phi) is 4.62. The molecule has 0 atom stereocenters. The second-order valence-electron chi connectivity index (χ2n) is 5.19. The van der Waals surface area contributed by atoms with E-state index in [4.69, 9.17) is 5.11 Å². The van der Waals surface area contributed by atoms with Crippen LogP contribution in [0, 0.1) is 11.7 Å². The first-order valence-electron chi connectivity index (χ1n) is 6.59. The lowest BCUT2D eigenvalue weighted by atomic mass is 9.83. The number of halogens is 1. The standard InChI is InChI=1S/C13H19FN2O3S/c1-9-6-11(7-9)16-20(18,19)13-8-10(14)2-3-12(13)15-4-5-17/h2-3,8-9,11,15-17H,4-7H2,1H3. The molecule has 1 aliphatic carbocycles.